The number of hydrogen-bond acceptors (Lipinski definition) is 8. The van der Waals surface area contributed by atoms with Crippen LogP contribution in [0, 0.1) is 5.92 Å². The number of nitrogens with zero attached hydrogens (tertiary/aromatic N) is 2. The highest BCUT2D eigenvalue weighted by molar-refractivity contribution is 7.89. The largest absolute Gasteiger partial charge is 0.486 e. The van der Waals surface area contributed by atoms with Crippen LogP contribution in [0.25, 0.3) is 0 Å². The molecule has 1 aromatic carbocycles. The van der Waals surface area contributed by atoms with Gasteiger partial charge in [0.25, 0.3) is 5.91 Å². The van der Waals surface area contributed by atoms with Crippen LogP contribution in [0.3, 0.4) is 0 Å². The molecule has 0 spiro atoms. The quantitative estimate of drug-likeness (QED) is 0.551. The lowest BCUT2D eigenvalue weighted by molar-refractivity contribution is -0.158. The highest BCUT2D eigenvalue weighted by Crippen LogP contribution is 2.34. The molecule has 0 saturated carbocycles. The van der Waals surface area contributed by atoms with Crippen molar-refractivity contribution >= 4 is 50.9 Å². The minimum atomic E-state index is -3.77. The van der Waals surface area contributed by atoms with E-state index in [9.17, 15) is 18.0 Å². The zero-order valence-electron chi connectivity index (χ0n) is 18.7. The van der Waals surface area contributed by atoms with Crippen molar-refractivity contribution in [1.82, 2.24) is 9.29 Å². The van der Waals surface area contributed by atoms with Gasteiger partial charge in [-0.2, -0.15) is 4.31 Å². The van der Waals surface area contributed by atoms with Gasteiger partial charge in [0, 0.05) is 25.4 Å². The van der Waals surface area contributed by atoms with Crippen molar-refractivity contribution in [3.05, 3.63) is 40.5 Å². The van der Waals surface area contributed by atoms with Gasteiger partial charge in [0.15, 0.2) is 23.4 Å². The summed E-state index contributed by atoms with van der Waals surface area (Å²) in [5, 5.41) is 2.95. The molecule has 1 aromatic heterocycles. The number of esters is 1. The van der Waals surface area contributed by atoms with Crippen LogP contribution >= 0.6 is 23.2 Å². The number of pyridine rings is 1. The number of aromatic nitrogens is 1. The summed E-state index contributed by atoms with van der Waals surface area (Å²) in [7, 11) is -3.77. The number of benzene rings is 1. The average Bonchev–Trinajstić information content (AvgIpc) is 2.85. The summed E-state index contributed by atoms with van der Waals surface area (Å²) < 4.78 is 43.7. The van der Waals surface area contributed by atoms with E-state index in [1.807, 2.05) is 0 Å². The second-order valence-corrected chi connectivity index (χ2v) is 10.8. The second kappa shape index (κ2) is 10.6. The van der Waals surface area contributed by atoms with Crippen molar-refractivity contribution in [3.8, 4) is 11.5 Å². The highest BCUT2D eigenvalue weighted by Gasteiger charge is 2.34. The Morgan fingerprint density at radius 3 is 2.51 bits per heavy atom. The lowest BCUT2D eigenvalue weighted by atomic mass is 9.98. The van der Waals surface area contributed by atoms with Gasteiger partial charge in [0.05, 0.1) is 20.9 Å². The molecule has 0 aliphatic carbocycles. The summed E-state index contributed by atoms with van der Waals surface area (Å²) in [5.41, 5.74) is 0. The van der Waals surface area contributed by atoms with Gasteiger partial charge in [0.1, 0.15) is 13.2 Å². The number of sulfonamides is 1. The Kier molecular flexibility index (Phi) is 7.70. The number of amides is 1. The van der Waals surface area contributed by atoms with Crippen molar-refractivity contribution in [2.75, 3.05) is 31.6 Å². The number of piperidine rings is 1. The van der Waals surface area contributed by atoms with Gasteiger partial charge < -0.3 is 19.5 Å². The molecule has 0 bridgehead atoms. The second-order valence-electron chi connectivity index (χ2n) is 8.04. The van der Waals surface area contributed by atoms with E-state index in [1.54, 1.807) is 6.07 Å². The molecule has 4 rings (SSSR count). The van der Waals surface area contributed by atoms with E-state index >= 15 is 0 Å². The smallest absolute Gasteiger partial charge is 0.309 e. The maximum Gasteiger partial charge on any atom is 0.309 e. The van der Waals surface area contributed by atoms with Crippen LogP contribution in [-0.2, 0) is 24.3 Å². The molecule has 1 N–H and O–H groups in total. The molecule has 3 heterocycles. The Hall–Kier alpha value is -2.60. The number of halogens is 2. The number of rotatable bonds is 6. The SMILES string of the molecule is C[C@H](OC(=O)C1CCN(S(=O)(=O)c2ccc3c(c2)OCCO3)CC1)C(=O)Nc1ncc(Cl)cc1Cl. The minimum absolute atomic E-state index is 0.0987. The van der Waals surface area contributed by atoms with Crippen LogP contribution in [0.5, 0.6) is 11.5 Å². The summed E-state index contributed by atoms with van der Waals surface area (Å²) in [6.45, 7) is 2.47. The fourth-order valence-electron chi connectivity index (χ4n) is 3.71. The first-order valence-corrected chi connectivity index (χ1v) is 13.1. The molecule has 10 nitrogen and oxygen atoms in total. The molecule has 13 heteroatoms. The maximum absolute atomic E-state index is 13.1. The third-order valence-electron chi connectivity index (χ3n) is 5.65. The maximum atomic E-state index is 13.1. The summed E-state index contributed by atoms with van der Waals surface area (Å²) in [6, 6.07) is 5.93. The van der Waals surface area contributed by atoms with Crippen LogP contribution in [0.4, 0.5) is 5.82 Å². The zero-order chi connectivity index (χ0) is 25.2. The Morgan fingerprint density at radius 2 is 1.83 bits per heavy atom. The van der Waals surface area contributed by atoms with Gasteiger partial charge in [0.2, 0.25) is 10.0 Å². The zero-order valence-corrected chi connectivity index (χ0v) is 21.0. The molecule has 1 amide bonds. The Labute approximate surface area is 212 Å². The highest BCUT2D eigenvalue weighted by atomic mass is 35.5. The molecule has 0 radical (unpaired) electrons. The number of anilines is 1. The third kappa shape index (κ3) is 5.80. The molecule has 2 aliphatic rings. The molecule has 1 atom stereocenters. The molecule has 2 aromatic rings. The average molecular weight is 544 g/mol. The van der Waals surface area contributed by atoms with Gasteiger partial charge in [-0.15, -0.1) is 0 Å². The van der Waals surface area contributed by atoms with E-state index in [-0.39, 0.29) is 41.7 Å². The van der Waals surface area contributed by atoms with Gasteiger partial charge in [-0.05, 0) is 38.0 Å². The molecule has 188 valence electrons. The molecule has 2 aliphatic heterocycles. The Morgan fingerprint density at radius 1 is 1.14 bits per heavy atom. The predicted molar refractivity (Wildman–Crippen MR) is 127 cm³/mol. The summed E-state index contributed by atoms with van der Waals surface area (Å²) in [4.78, 5) is 29.0. The monoisotopic (exact) mass is 543 g/mol. The van der Waals surface area contributed by atoms with Crippen LogP contribution in [0.15, 0.2) is 35.4 Å². The molecule has 0 unspecified atom stereocenters. The number of hydrogen-bond donors (Lipinski definition) is 1. The lowest BCUT2D eigenvalue weighted by Gasteiger charge is -2.30. The normalized spacial score (nSPS) is 17.5. The van der Waals surface area contributed by atoms with E-state index in [2.05, 4.69) is 10.3 Å². The number of fused-ring (bicyclic) bond motifs is 1. The van der Waals surface area contributed by atoms with E-state index in [1.165, 1.54) is 35.6 Å². The van der Waals surface area contributed by atoms with E-state index in [0.29, 0.717) is 29.7 Å². The van der Waals surface area contributed by atoms with E-state index < -0.39 is 33.9 Å². The summed E-state index contributed by atoms with van der Waals surface area (Å²) in [6.07, 6.45) is 0.755. The fraction of sp³-hybridized carbons (Fsp3) is 0.409. The summed E-state index contributed by atoms with van der Waals surface area (Å²) in [5.74, 6) is -0.717. The predicted octanol–water partition coefficient (Wildman–Crippen LogP) is 3.13. The Bertz CT molecular complexity index is 1230. The van der Waals surface area contributed by atoms with Crippen LogP contribution in [0.1, 0.15) is 19.8 Å². The summed E-state index contributed by atoms with van der Waals surface area (Å²) >= 11 is 11.8. The third-order valence-corrected chi connectivity index (χ3v) is 8.04. The molecule has 35 heavy (non-hydrogen) atoms. The fourth-order valence-corrected chi connectivity index (χ4v) is 5.63. The first-order chi connectivity index (χ1) is 16.6. The van der Waals surface area contributed by atoms with Crippen molar-refractivity contribution < 1.29 is 32.2 Å². The van der Waals surface area contributed by atoms with Gasteiger partial charge in [-0.3, -0.25) is 9.59 Å². The standard InChI is InChI=1S/C22H23Cl2N3O7S/c1-13(21(28)26-20-17(24)10-15(23)12-25-20)34-22(29)14-4-6-27(7-5-14)35(30,31)16-2-3-18-19(11-16)33-9-8-32-18/h2-3,10-14H,4-9H2,1H3,(H,25,26,28)/t13-/m0/s1. The number of carbonyl (C=O) groups is 2. The van der Waals surface area contributed by atoms with Crippen LogP contribution < -0.4 is 14.8 Å². The topological polar surface area (TPSA) is 124 Å². The van der Waals surface area contributed by atoms with Gasteiger partial charge in [-0.1, -0.05) is 23.2 Å². The number of ether oxygens (including phenoxy) is 3. The Balaban J connectivity index is 1.31. The molecule has 1 fully saturated rings. The number of nitrogens with one attached hydrogen (secondary N) is 1. The van der Waals surface area contributed by atoms with Crippen molar-refractivity contribution in [2.45, 2.75) is 30.8 Å². The minimum Gasteiger partial charge on any atom is -0.486 e. The van der Waals surface area contributed by atoms with E-state index in [4.69, 9.17) is 37.4 Å². The molecular formula is C22H23Cl2N3O7S. The first-order valence-electron chi connectivity index (χ1n) is 10.9. The number of carbonyl (C=O) groups excluding carboxylic acids is 2. The van der Waals surface area contributed by atoms with Crippen molar-refractivity contribution in [2.24, 2.45) is 5.92 Å². The molecule has 1 saturated heterocycles. The lowest BCUT2D eigenvalue weighted by Crippen LogP contribution is -2.41. The van der Waals surface area contributed by atoms with Crippen LogP contribution in [0.2, 0.25) is 10.0 Å². The van der Waals surface area contributed by atoms with Gasteiger partial charge >= 0.3 is 5.97 Å². The van der Waals surface area contributed by atoms with E-state index in [0.717, 1.165) is 0 Å². The van der Waals surface area contributed by atoms with Crippen molar-refractivity contribution in [1.29, 1.82) is 0 Å². The van der Waals surface area contributed by atoms with Crippen LogP contribution in [-0.4, -0.2) is 62.0 Å². The molecular weight excluding hydrogens is 521 g/mol. The van der Waals surface area contributed by atoms with Crippen molar-refractivity contribution in [3.63, 3.8) is 0 Å². The first kappa shape index (κ1) is 25.5. The van der Waals surface area contributed by atoms with Gasteiger partial charge in [-0.25, -0.2) is 13.4 Å².